The SMILES string of the molecule is Cc1ccc(-c2cc3cccc4c5c6ccc(C)cc6sc5c5cccc2c5c34)cc1. The molecule has 0 aliphatic carbocycles. The summed E-state index contributed by atoms with van der Waals surface area (Å²) in [5, 5.41) is 11.0. The number of hydrogen-bond donors (Lipinski definition) is 0. The van der Waals surface area contributed by atoms with Crippen molar-refractivity contribution < 1.29 is 0 Å². The third kappa shape index (κ3) is 2.30. The largest absolute Gasteiger partial charge is 0.134 e. The van der Waals surface area contributed by atoms with E-state index in [2.05, 4.69) is 98.8 Å². The Bertz CT molecular complexity index is 1780. The van der Waals surface area contributed by atoms with Gasteiger partial charge in [-0.05, 0) is 69.6 Å². The van der Waals surface area contributed by atoms with Crippen LogP contribution in [0.2, 0.25) is 0 Å². The lowest BCUT2D eigenvalue weighted by Gasteiger charge is -2.16. The van der Waals surface area contributed by atoms with E-state index < -0.39 is 0 Å². The predicted octanol–water partition coefficient (Wildman–Crippen LogP) is 9.24. The maximum Gasteiger partial charge on any atom is 0.0440 e. The molecule has 0 radical (unpaired) electrons. The van der Waals surface area contributed by atoms with E-state index in [-0.39, 0.29) is 0 Å². The molecule has 0 atom stereocenters. The van der Waals surface area contributed by atoms with Crippen LogP contribution in [0, 0.1) is 13.8 Å². The van der Waals surface area contributed by atoms with Gasteiger partial charge in [-0.1, -0.05) is 78.4 Å². The Balaban J connectivity index is 1.76. The Morgan fingerprint density at radius 1 is 0.548 bits per heavy atom. The van der Waals surface area contributed by atoms with E-state index in [0.29, 0.717) is 0 Å². The topological polar surface area (TPSA) is 0 Å². The maximum absolute atomic E-state index is 2.39. The summed E-state index contributed by atoms with van der Waals surface area (Å²) in [4.78, 5) is 0. The fourth-order valence-corrected chi connectivity index (χ4v) is 6.63. The number of fused-ring (bicyclic) bond motifs is 5. The molecule has 0 bridgehead atoms. The minimum atomic E-state index is 1.29. The van der Waals surface area contributed by atoms with Crippen molar-refractivity contribution >= 4 is 63.8 Å². The highest BCUT2D eigenvalue weighted by molar-refractivity contribution is 7.27. The van der Waals surface area contributed by atoms with Gasteiger partial charge in [-0.3, -0.25) is 0 Å². The zero-order valence-corrected chi connectivity index (χ0v) is 18.3. The van der Waals surface area contributed by atoms with Crippen LogP contribution < -0.4 is 0 Å². The van der Waals surface area contributed by atoms with Gasteiger partial charge in [-0.15, -0.1) is 11.3 Å². The van der Waals surface area contributed by atoms with Crippen LogP contribution >= 0.6 is 11.3 Å². The van der Waals surface area contributed by atoms with Gasteiger partial charge in [-0.2, -0.15) is 0 Å². The van der Waals surface area contributed by atoms with Crippen LogP contribution in [-0.2, 0) is 0 Å². The molecule has 0 unspecified atom stereocenters. The highest BCUT2D eigenvalue weighted by Crippen LogP contribution is 2.48. The Hall–Kier alpha value is -3.42. The highest BCUT2D eigenvalue weighted by atomic mass is 32.1. The van der Waals surface area contributed by atoms with Crippen molar-refractivity contribution in [2.45, 2.75) is 13.8 Å². The van der Waals surface area contributed by atoms with Crippen molar-refractivity contribution in [2.75, 3.05) is 0 Å². The standard InChI is InChI=1S/C30H20S/c1-17-9-12-19(13-10-17)25-16-20-5-3-7-23-27(20)28-21(25)6-4-8-24(28)30-29(23)22-14-11-18(2)15-26(22)31-30/h3-16H,1-2H3. The van der Waals surface area contributed by atoms with Crippen LogP contribution in [0.25, 0.3) is 63.6 Å². The Morgan fingerprint density at radius 3 is 2.16 bits per heavy atom. The Morgan fingerprint density at radius 2 is 1.29 bits per heavy atom. The molecule has 1 heterocycles. The fraction of sp³-hybridized carbons (Fsp3) is 0.0667. The molecule has 7 aromatic rings. The number of benzene rings is 6. The van der Waals surface area contributed by atoms with Crippen molar-refractivity contribution in [1.82, 2.24) is 0 Å². The van der Waals surface area contributed by atoms with Crippen molar-refractivity contribution in [3.8, 4) is 11.1 Å². The second-order valence-electron chi connectivity index (χ2n) is 8.73. The Kier molecular flexibility index (Phi) is 3.38. The van der Waals surface area contributed by atoms with E-state index in [9.17, 15) is 0 Å². The van der Waals surface area contributed by atoms with Crippen molar-refractivity contribution in [3.63, 3.8) is 0 Å². The summed E-state index contributed by atoms with van der Waals surface area (Å²) in [5.74, 6) is 0. The molecule has 6 aromatic carbocycles. The first-order chi connectivity index (χ1) is 15.2. The quantitative estimate of drug-likeness (QED) is 0.236. The highest BCUT2D eigenvalue weighted by Gasteiger charge is 2.19. The van der Waals surface area contributed by atoms with Crippen molar-refractivity contribution in [3.05, 3.63) is 96.1 Å². The second-order valence-corrected chi connectivity index (χ2v) is 9.78. The van der Waals surface area contributed by atoms with Gasteiger partial charge in [0.1, 0.15) is 0 Å². The average Bonchev–Trinajstić information content (AvgIpc) is 3.17. The van der Waals surface area contributed by atoms with Gasteiger partial charge in [0.05, 0.1) is 0 Å². The smallest absolute Gasteiger partial charge is 0.0440 e. The lowest BCUT2D eigenvalue weighted by molar-refractivity contribution is 1.47. The van der Waals surface area contributed by atoms with E-state index in [1.807, 2.05) is 11.3 Å². The minimum Gasteiger partial charge on any atom is -0.134 e. The summed E-state index contributed by atoms with van der Waals surface area (Å²) in [6.07, 6.45) is 0. The van der Waals surface area contributed by atoms with Crippen LogP contribution in [0.5, 0.6) is 0 Å². The molecule has 0 saturated heterocycles. The van der Waals surface area contributed by atoms with Crippen LogP contribution in [0.1, 0.15) is 11.1 Å². The molecule has 0 aliphatic heterocycles. The van der Waals surface area contributed by atoms with E-state index in [4.69, 9.17) is 0 Å². The first kappa shape index (κ1) is 17.3. The predicted molar refractivity (Wildman–Crippen MR) is 138 cm³/mol. The summed E-state index contributed by atoms with van der Waals surface area (Å²) >= 11 is 1.94. The zero-order chi connectivity index (χ0) is 20.7. The second kappa shape index (κ2) is 6.06. The van der Waals surface area contributed by atoms with Gasteiger partial charge in [0.15, 0.2) is 0 Å². The average molecular weight is 413 g/mol. The maximum atomic E-state index is 2.39. The molecular formula is C30H20S. The molecule has 0 nitrogen and oxygen atoms in total. The first-order valence-electron chi connectivity index (χ1n) is 10.8. The Labute approximate surface area is 184 Å². The van der Waals surface area contributed by atoms with E-state index in [1.165, 1.54) is 74.7 Å². The van der Waals surface area contributed by atoms with Crippen LogP contribution in [0.4, 0.5) is 0 Å². The number of thiophene rings is 1. The van der Waals surface area contributed by atoms with Gasteiger partial charge in [0.25, 0.3) is 0 Å². The molecule has 146 valence electrons. The van der Waals surface area contributed by atoms with Crippen LogP contribution in [-0.4, -0.2) is 0 Å². The molecule has 0 aliphatic rings. The molecule has 7 rings (SSSR count). The molecule has 0 amide bonds. The monoisotopic (exact) mass is 412 g/mol. The molecule has 0 saturated carbocycles. The molecular weight excluding hydrogens is 392 g/mol. The zero-order valence-electron chi connectivity index (χ0n) is 17.5. The summed E-state index contributed by atoms with van der Waals surface area (Å²) < 4.78 is 2.79. The summed E-state index contributed by atoms with van der Waals surface area (Å²) in [7, 11) is 0. The van der Waals surface area contributed by atoms with Gasteiger partial charge < -0.3 is 0 Å². The number of aryl methyl sites for hydroxylation is 2. The van der Waals surface area contributed by atoms with Crippen molar-refractivity contribution in [2.24, 2.45) is 0 Å². The molecule has 0 spiro atoms. The molecule has 1 aromatic heterocycles. The van der Waals surface area contributed by atoms with E-state index in [1.54, 1.807) is 0 Å². The van der Waals surface area contributed by atoms with Crippen LogP contribution in [0.15, 0.2) is 84.9 Å². The van der Waals surface area contributed by atoms with Gasteiger partial charge >= 0.3 is 0 Å². The minimum absolute atomic E-state index is 1.29. The lowest BCUT2D eigenvalue weighted by atomic mass is 9.87. The summed E-state index contributed by atoms with van der Waals surface area (Å²) in [5.41, 5.74) is 5.22. The van der Waals surface area contributed by atoms with Crippen molar-refractivity contribution in [1.29, 1.82) is 0 Å². The molecule has 1 heteroatoms. The normalized spacial score (nSPS) is 12.2. The molecule has 31 heavy (non-hydrogen) atoms. The van der Waals surface area contributed by atoms with Gasteiger partial charge in [0, 0.05) is 25.6 Å². The van der Waals surface area contributed by atoms with E-state index >= 15 is 0 Å². The summed E-state index contributed by atoms with van der Waals surface area (Å²) in [6, 6.07) is 31.9. The number of hydrogen-bond acceptors (Lipinski definition) is 1. The fourth-order valence-electron chi connectivity index (χ4n) is 5.28. The first-order valence-corrected chi connectivity index (χ1v) is 11.6. The molecule has 0 N–H and O–H groups in total. The number of rotatable bonds is 1. The third-order valence-electron chi connectivity index (χ3n) is 6.72. The van der Waals surface area contributed by atoms with Gasteiger partial charge in [0.2, 0.25) is 0 Å². The van der Waals surface area contributed by atoms with Crippen LogP contribution in [0.3, 0.4) is 0 Å². The summed E-state index contributed by atoms with van der Waals surface area (Å²) in [6.45, 7) is 4.33. The van der Waals surface area contributed by atoms with E-state index in [0.717, 1.165) is 0 Å². The third-order valence-corrected chi connectivity index (χ3v) is 7.91. The lowest BCUT2D eigenvalue weighted by Crippen LogP contribution is -1.89. The van der Waals surface area contributed by atoms with Gasteiger partial charge in [-0.25, -0.2) is 0 Å². The molecule has 0 fully saturated rings.